The van der Waals surface area contributed by atoms with Crippen LogP contribution in [0.3, 0.4) is 0 Å². The zero-order chi connectivity index (χ0) is 12.2. The van der Waals surface area contributed by atoms with Crippen molar-refractivity contribution in [2.45, 2.75) is 24.7 Å². The van der Waals surface area contributed by atoms with Gasteiger partial charge in [-0.25, -0.2) is 13.1 Å². The summed E-state index contributed by atoms with van der Waals surface area (Å²) in [6, 6.07) is 4.72. The van der Waals surface area contributed by atoms with Gasteiger partial charge in [0.15, 0.2) is 0 Å². The smallest absolute Gasteiger partial charge is 0.241 e. The minimum Gasteiger partial charge on any atom is -0.399 e. The number of anilines is 1. The van der Waals surface area contributed by atoms with Crippen LogP contribution < -0.4 is 10.5 Å². The molecule has 0 fully saturated rings. The van der Waals surface area contributed by atoms with Gasteiger partial charge in [-0.2, -0.15) is 0 Å². The highest BCUT2D eigenvalue weighted by molar-refractivity contribution is 9.10. The van der Waals surface area contributed by atoms with Crippen molar-refractivity contribution in [3.63, 3.8) is 0 Å². The first-order chi connectivity index (χ1) is 7.47. The molecule has 0 bridgehead atoms. The second-order valence-corrected chi connectivity index (χ2v) is 6.03. The van der Waals surface area contributed by atoms with Gasteiger partial charge in [-0.1, -0.05) is 13.3 Å². The third kappa shape index (κ3) is 3.47. The molecule has 0 aliphatic heterocycles. The van der Waals surface area contributed by atoms with E-state index in [1.807, 2.05) is 6.92 Å². The van der Waals surface area contributed by atoms with Gasteiger partial charge < -0.3 is 5.73 Å². The molecule has 16 heavy (non-hydrogen) atoms. The molecule has 0 unspecified atom stereocenters. The zero-order valence-electron chi connectivity index (χ0n) is 9.03. The van der Waals surface area contributed by atoms with Gasteiger partial charge in [-0.3, -0.25) is 0 Å². The summed E-state index contributed by atoms with van der Waals surface area (Å²) in [5.41, 5.74) is 6.00. The van der Waals surface area contributed by atoms with E-state index in [0.29, 0.717) is 16.7 Å². The molecule has 0 heterocycles. The van der Waals surface area contributed by atoms with Gasteiger partial charge in [0.1, 0.15) is 0 Å². The van der Waals surface area contributed by atoms with Crippen LogP contribution in [0.1, 0.15) is 19.8 Å². The van der Waals surface area contributed by atoms with Gasteiger partial charge in [0.05, 0.1) is 4.90 Å². The molecule has 1 rings (SSSR count). The van der Waals surface area contributed by atoms with Crippen LogP contribution in [0, 0.1) is 0 Å². The number of hydrogen-bond donors (Lipinski definition) is 2. The average molecular weight is 307 g/mol. The first kappa shape index (κ1) is 13.5. The lowest BCUT2D eigenvalue weighted by Gasteiger charge is -2.08. The molecule has 90 valence electrons. The van der Waals surface area contributed by atoms with Gasteiger partial charge >= 0.3 is 0 Å². The minimum atomic E-state index is -3.46. The summed E-state index contributed by atoms with van der Waals surface area (Å²) in [5.74, 6) is 0. The molecule has 0 amide bonds. The summed E-state index contributed by atoms with van der Waals surface area (Å²) in [4.78, 5) is 0.184. The number of benzene rings is 1. The van der Waals surface area contributed by atoms with Crippen LogP contribution in [0.15, 0.2) is 27.6 Å². The third-order valence-electron chi connectivity index (χ3n) is 2.07. The number of rotatable bonds is 5. The molecule has 0 saturated carbocycles. The number of hydrogen-bond acceptors (Lipinski definition) is 3. The van der Waals surface area contributed by atoms with Crippen molar-refractivity contribution in [1.29, 1.82) is 0 Å². The molecule has 3 N–H and O–H groups in total. The lowest BCUT2D eigenvalue weighted by molar-refractivity contribution is 0.578. The van der Waals surface area contributed by atoms with Crippen LogP contribution in [0.25, 0.3) is 0 Å². The first-order valence-corrected chi connectivity index (χ1v) is 7.29. The summed E-state index contributed by atoms with van der Waals surface area (Å²) >= 11 is 3.20. The summed E-state index contributed by atoms with van der Waals surface area (Å²) < 4.78 is 26.8. The maximum atomic E-state index is 11.9. The number of sulfonamides is 1. The molecule has 1 aromatic carbocycles. The van der Waals surface area contributed by atoms with Crippen molar-refractivity contribution < 1.29 is 8.42 Å². The van der Waals surface area contributed by atoms with Gasteiger partial charge in [-0.15, -0.1) is 0 Å². The second-order valence-electron chi connectivity index (χ2n) is 3.44. The molecule has 0 aliphatic rings. The number of halogens is 1. The first-order valence-electron chi connectivity index (χ1n) is 5.02. The van der Waals surface area contributed by atoms with E-state index < -0.39 is 10.0 Å². The van der Waals surface area contributed by atoms with Crippen LogP contribution in [-0.2, 0) is 10.0 Å². The van der Waals surface area contributed by atoms with Gasteiger partial charge in [-0.05, 0) is 40.5 Å². The van der Waals surface area contributed by atoms with Crippen LogP contribution in [-0.4, -0.2) is 15.0 Å². The topological polar surface area (TPSA) is 72.2 Å². The number of nitrogen functional groups attached to an aromatic ring is 1. The Hall–Kier alpha value is -0.590. The summed E-state index contributed by atoms with van der Waals surface area (Å²) in [5, 5.41) is 0. The van der Waals surface area contributed by atoms with E-state index in [-0.39, 0.29) is 4.90 Å². The molecule has 0 spiro atoms. The summed E-state index contributed by atoms with van der Waals surface area (Å²) in [6.07, 6.45) is 1.76. The third-order valence-corrected chi connectivity index (χ3v) is 4.52. The van der Waals surface area contributed by atoms with Crippen LogP contribution in [0.5, 0.6) is 0 Å². The molecule has 0 atom stereocenters. The van der Waals surface area contributed by atoms with Crippen LogP contribution in [0.2, 0.25) is 0 Å². The van der Waals surface area contributed by atoms with Crippen LogP contribution >= 0.6 is 15.9 Å². The number of unbranched alkanes of at least 4 members (excludes halogenated alkanes) is 1. The quantitative estimate of drug-likeness (QED) is 0.646. The standard InChI is InChI=1S/C10H15BrN2O2S/c1-2-3-6-13-16(14,15)10-7-8(12)4-5-9(10)11/h4-5,7,13H,2-3,6,12H2,1H3. The average Bonchev–Trinajstić information content (AvgIpc) is 2.22. The molecule has 0 aromatic heterocycles. The van der Waals surface area contributed by atoms with Crippen molar-refractivity contribution in [2.75, 3.05) is 12.3 Å². The van der Waals surface area contributed by atoms with E-state index in [9.17, 15) is 8.42 Å². The fourth-order valence-electron chi connectivity index (χ4n) is 1.19. The van der Waals surface area contributed by atoms with Gasteiger partial charge in [0, 0.05) is 16.7 Å². The van der Waals surface area contributed by atoms with E-state index in [1.165, 1.54) is 6.07 Å². The monoisotopic (exact) mass is 306 g/mol. The van der Waals surface area contributed by atoms with E-state index in [1.54, 1.807) is 12.1 Å². The Labute approximate surface area is 104 Å². The maximum Gasteiger partial charge on any atom is 0.241 e. The number of nitrogens with two attached hydrogens (primary N) is 1. The summed E-state index contributed by atoms with van der Waals surface area (Å²) in [7, 11) is -3.46. The fourth-order valence-corrected chi connectivity index (χ4v) is 3.26. The highest BCUT2D eigenvalue weighted by atomic mass is 79.9. The van der Waals surface area contributed by atoms with E-state index >= 15 is 0 Å². The molecule has 0 radical (unpaired) electrons. The van der Waals surface area contributed by atoms with Gasteiger partial charge in [0.25, 0.3) is 0 Å². The van der Waals surface area contributed by atoms with Crippen molar-refractivity contribution in [3.05, 3.63) is 22.7 Å². The fraction of sp³-hybridized carbons (Fsp3) is 0.400. The Bertz CT molecular complexity index is 460. The second kappa shape index (κ2) is 5.65. The highest BCUT2D eigenvalue weighted by Crippen LogP contribution is 2.23. The van der Waals surface area contributed by atoms with E-state index in [2.05, 4.69) is 20.7 Å². The molecule has 0 aliphatic carbocycles. The van der Waals surface area contributed by atoms with Crippen molar-refractivity contribution in [1.82, 2.24) is 4.72 Å². The molecular weight excluding hydrogens is 292 g/mol. The van der Waals surface area contributed by atoms with Gasteiger partial charge in [0.2, 0.25) is 10.0 Å². The van der Waals surface area contributed by atoms with Crippen molar-refractivity contribution in [3.8, 4) is 0 Å². The Morgan fingerprint density at radius 2 is 2.12 bits per heavy atom. The summed E-state index contributed by atoms with van der Waals surface area (Å²) in [6.45, 7) is 2.45. The van der Waals surface area contributed by atoms with Crippen molar-refractivity contribution >= 4 is 31.6 Å². The predicted molar refractivity (Wildman–Crippen MR) is 68.7 cm³/mol. The predicted octanol–water partition coefficient (Wildman–Crippen LogP) is 2.11. The molecule has 4 nitrogen and oxygen atoms in total. The molecule has 0 saturated heterocycles. The SMILES string of the molecule is CCCCNS(=O)(=O)c1cc(N)ccc1Br. The van der Waals surface area contributed by atoms with E-state index in [4.69, 9.17) is 5.73 Å². The Morgan fingerprint density at radius 1 is 1.44 bits per heavy atom. The normalized spacial score (nSPS) is 11.6. The molecular formula is C10H15BrN2O2S. The van der Waals surface area contributed by atoms with Crippen LogP contribution in [0.4, 0.5) is 5.69 Å². The lowest BCUT2D eigenvalue weighted by atomic mass is 10.3. The Balaban J connectivity index is 2.93. The molecule has 1 aromatic rings. The zero-order valence-corrected chi connectivity index (χ0v) is 11.4. The number of nitrogens with one attached hydrogen (secondary N) is 1. The van der Waals surface area contributed by atoms with E-state index in [0.717, 1.165) is 12.8 Å². The maximum absolute atomic E-state index is 11.9. The Morgan fingerprint density at radius 3 is 2.75 bits per heavy atom. The highest BCUT2D eigenvalue weighted by Gasteiger charge is 2.16. The molecule has 6 heteroatoms. The minimum absolute atomic E-state index is 0.184. The van der Waals surface area contributed by atoms with Crippen molar-refractivity contribution in [2.24, 2.45) is 0 Å². The largest absolute Gasteiger partial charge is 0.399 e. The lowest BCUT2D eigenvalue weighted by Crippen LogP contribution is -2.25. The Kier molecular flexibility index (Phi) is 4.76.